The second-order valence-electron chi connectivity index (χ2n) is 8.07. The third kappa shape index (κ3) is 6.90. The topological polar surface area (TPSA) is 126 Å². The van der Waals surface area contributed by atoms with Crippen LogP contribution in [0.4, 0.5) is 35.4 Å². The lowest BCUT2D eigenvalue weighted by Gasteiger charge is -2.32. The maximum absolute atomic E-state index is 13.1. The highest BCUT2D eigenvalue weighted by atomic mass is 32.2. The molecule has 0 saturated carbocycles. The van der Waals surface area contributed by atoms with Gasteiger partial charge in [-0.15, -0.1) is 20.4 Å². The summed E-state index contributed by atoms with van der Waals surface area (Å²) in [5.74, 6) is -0.675. The lowest BCUT2D eigenvalue weighted by Crippen LogP contribution is -2.32. The number of unbranched alkanes of at least 4 members (excludes halogenated alkanes) is 2. The maximum atomic E-state index is 13.1. The molecule has 0 fully saturated rings. The summed E-state index contributed by atoms with van der Waals surface area (Å²) in [4.78, 5) is 13.9. The van der Waals surface area contributed by atoms with E-state index in [1.165, 1.54) is 12.1 Å². The zero-order valence-corrected chi connectivity index (χ0v) is 21.5. The number of fused-ring (bicyclic) bond motifs is 1. The first kappa shape index (κ1) is 27.8. The second kappa shape index (κ2) is 12.0. The number of azo groups is 1. The van der Waals surface area contributed by atoms with Crippen LogP contribution >= 0.6 is 11.3 Å². The Balaban J connectivity index is 1.95. The number of aromatic nitrogens is 2. The van der Waals surface area contributed by atoms with Crippen molar-refractivity contribution in [2.75, 3.05) is 29.3 Å². The number of rotatable bonds is 11. The van der Waals surface area contributed by atoms with Crippen LogP contribution in [0, 0.1) is 0 Å². The molecule has 0 saturated heterocycles. The minimum atomic E-state index is -5.69. The van der Waals surface area contributed by atoms with Crippen LogP contribution in [0.25, 0.3) is 0 Å². The molecule has 0 radical (unpaired) electrons. The molecule has 15 heteroatoms. The number of hydrogen-bond donors (Lipinski definition) is 1. The number of nitrogens with one attached hydrogen (secondary N) is 1. The summed E-state index contributed by atoms with van der Waals surface area (Å²) < 4.78 is 69.7. The van der Waals surface area contributed by atoms with Crippen molar-refractivity contribution in [1.29, 1.82) is 0 Å². The Kier molecular flexibility index (Phi) is 9.22. The molecular formula is C21H27F3N6O4S2. The number of esters is 1. The van der Waals surface area contributed by atoms with Crippen LogP contribution in [0.5, 0.6) is 0 Å². The van der Waals surface area contributed by atoms with Crippen molar-refractivity contribution in [2.45, 2.75) is 57.9 Å². The Morgan fingerprint density at radius 3 is 2.67 bits per heavy atom. The fourth-order valence-corrected chi connectivity index (χ4v) is 4.67. The normalized spacial score (nSPS) is 14.2. The lowest BCUT2D eigenvalue weighted by molar-refractivity contribution is -0.0429. The maximum Gasteiger partial charge on any atom is 0.516 e. The van der Waals surface area contributed by atoms with E-state index < -0.39 is 21.5 Å². The number of carbonyl (C=O) groups excluding carboxylic acids is 1. The van der Waals surface area contributed by atoms with Gasteiger partial charge in [0.05, 0.1) is 12.3 Å². The van der Waals surface area contributed by atoms with Crippen molar-refractivity contribution in [3.63, 3.8) is 0 Å². The van der Waals surface area contributed by atoms with Crippen molar-refractivity contribution in [2.24, 2.45) is 10.2 Å². The van der Waals surface area contributed by atoms with E-state index in [4.69, 9.17) is 4.74 Å². The van der Waals surface area contributed by atoms with Crippen LogP contribution in [0.2, 0.25) is 0 Å². The van der Waals surface area contributed by atoms with E-state index in [9.17, 15) is 26.4 Å². The van der Waals surface area contributed by atoms with Crippen LogP contribution in [0.1, 0.15) is 61.3 Å². The fraction of sp³-hybridized carbons (Fsp3) is 0.571. The van der Waals surface area contributed by atoms with E-state index in [0.717, 1.165) is 42.6 Å². The molecule has 0 bridgehead atoms. The first-order valence-electron chi connectivity index (χ1n) is 11.5. The van der Waals surface area contributed by atoms with Gasteiger partial charge in [-0.2, -0.15) is 21.6 Å². The van der Waals surface area contributed by atoms with Gasteiger partial charge in [0.25, 0.3) is 5.13 Å². The van der Waals surface area contributed by atoms with Gasteiger partial charge in [0, 0.05) is 18.8 Å². The summed E-state index contributed by atoms with van der Waals surface area (Å²) in [6.07, 6.45) is 5.04. The fourth-order valence-electron chi connectivity index (χ4n) is 3.54. The number of halogens is 3. The molecule has 0 spiro atoms. The monoisotopic (exact) mass is 548 g/mol. The smallest absolute Gasteiger partial charge is 0.460 e. The van der Waals surface area contributed by atoms with Gasteiger partial charge in [-0.25, -0.2) is 4.79 Å². The SMILES string of the molecule is CCCCCN1CCCc2cc(N=Nc3nnc(C(=O)OCCC)s3)c(NS(=O)(=O)C(F)(F)F)cc21. The number of aryl methyl sites for hydroxylation is 1. The van der Waals surface area contributed by atoms with Gasteiger partial charge >= 0.3 is 21.5 Å². The standard InChI is InChI=1S/C21H27F3N6O4S2/c1-3-5-6-9-30-10-7-8-14-12-15(16(13-17(14)30)29-36(32,33)21(22,23)24)25-27-20-28-26-18(35-20)19(31)34-11-4-2/h12-13,29H,3-11H2,1-2H3. The van der Waals surface area contributed by atoms with Gasteiger partial charge in [0.2, 0.25) is 5.01 Å². The Bertz CT molecular complexity index is 1200. The van der Waals surface area contributed by atoms with Crippen molar-refractivity contribution in [3.8, 4) is 0 Å². The van der Waals surface area contributed by atoms with Crippen LogP contribution in [-0.2, 0) is 21.2 Å². The van der Waals surface area contributed by atoms with Crippen LogP contribution in [-0.4, -0.2) is 49.8 Å². The van der Waals surface area contributed by atoms with E-state index in [1.54, 1.807) is 4.72 Å². The van der Waals surface area contributed by atoms with Gasteiger partial charge in [-0.05, 0) is 43.4 Å². The quantitative estimate of drug-likeness (QED) is 0.216. The molecule has 10 nitrogen and oxygen atoms in total. The first-order chi connectivity index (χ1) is 17.1. The van der Waals surface area contributed by atoms with Crippen LogP contribution in [0.15, 0.2) is 22.4 Å². The molecule has 0 unspecified atom stereocenters. The number of ether oxygens (including phenoxy) is 1. The summed E-state index contributed by atoms with van der Waals surface area (Å²) in [5, 5.41) is 15.1. The highest BCUT2D eigenvalue weighted by molar-refractivity contribution is 7.93. The number of anilines is 2. The highest BCUT2D eigenvalue weighted by Gasteiger charge is 2.46. The molecular weight excluding hydrogens is 521 g/mol. The second-order valence-corrected chi connectivity index (χ2v) is 10.7. The van der Waals surface area contributed by atoms with Gasteiger partial charge in [0.1, 0.15) is 5.69 Å². The third-order valence-electron chi connectivity index (χ3n) is 5.26. The van der Waals surface area contributed by atoms with E-state index in [1.807, 2.05) is 11.8 Å². The van der Waals surface area contributed by atoms with E-state index in [2.05, 4.69) is 27.3 Å². The molecule has 2 aromatic rings. The van der Waals surface area contributed by atoms with Crippen LogP contribution < -0.4 is 9.62 Å². The molecule has 0 atom stereocenters. The van der Waals surface area contributed by atoms with Gasteiger partial charge < -0.3 is 9.64 Å². The third-order valence-corrected chi connectivity index (χ3v) is 7.15. The minimum Gasteiger partial charge on any atom is -0.460 e. The summed E-state index contributed by atoms with van der Waals surface area (Å²) in [6, 6.07) is 2.89. The Hall–Kier alpha value is -2.81. The number of nitrogens with zero attached hydrogens (tertiary/aromatic N) is 5. The molecule has 1 N–H and O–H groups in total. The van der Waals surface area contributed by atoms with E-state index in [-0.39, 0.29) is 28.1 Å². The van der Waals surface area contributed by atoms with Crippen molar-refractivity contribution < 1.29 is 31.1 Å². The summed E-state index contributed by atoms with van der Waals surface area (Å²) in [5.41, 5.74) is -4.49. The van der Waals surface area contributed by atoms with Gasteiger partial charge in [0.15, 0.2) is 0 Å². The number of carbonyl (C=O) groups is 1. The van der Waals surface area contributed by atoms with Crippen molar-refractivity contribution in [3.05, 3.63) is 22.7 Å². The Morgan fingerprint density at radius 2 is 1.97 bits per heavy atom. The molecule has 0 amide bonds. The number of sulfonamides is 1. The lowest BCUT2D eigenvalue weighted by atomic mass is 9.99. The number of alkyl halides is 3. The average molecular weight is 549 g/mol. The molecule has 198 valence electrons. The molecule has 0 aliphatic carbocycles. The molecule has 1 aliphatic rings. The molecule has 1 aromatic carbocycles. The zero-order valence-electron chi connectivity index (χ0n) is 19.8. The van der Waals surface area contributed by atoms with Crippen LogP contribution in [0.3, 0.4) is 0 Å². The number of hydrogen-bond acceptors (Lipinski definition) is 10. The van der Waals surface area contributed by atoms with Gasteiger partial charge in [-0.3, -0.25) is 4.72 Å². The van der Waals surface area contributed by atoms with Crippen molar-refractivity contribution in [1.82, 2.24) is 10.2 Å². The largest absolute Gasteiger partial charge is 0.516 e. The summed E-state index contributed by atoms with van der Waals surface area (Å²) in [7, 11) is -5.69. The predicted molar refractivity (Wildman–Crippen MR) is 130 cm³/mol. The Morgan fingerprint density at radius 1 is 1.19 bits per heavy atom. The number of benzene rings is 1. The predicted octanol–water partition coefficient (Wildman–Crippen LogP) is 5.72. The summed E-state index contributed by atoms with van der Waals surface area (Å²) >= 11 is 0.790. The summed E-state index contributed by atoms with van der Waals surface area (Å²) in [6.45, 7) is 5.53. The van der Waals surface area contributed by atoms with E-state index >= 15 is 0 Å². The molecule has 36 heavy (non-hydrogen) atoms. The van der Waals surface area contributed by atoms with Gasteiger partial charge in [-0.1, -0.05) is 38.0 Å². The first-order valence-corrected chi connectivity index (χ1v) is 13.8. The zero-order chi connectivity index (χ0) is 26.3. The highest BCUT2D eigenvalue weighted by Crippen LogP contribution is 2.39. The molecule has 1 aromatic heterocycles. The molecule has 1 aliphatic heterocycles. The van der Waals surface area contributed by atoms with E-state index in [0.29, 0.717) is 31.6 Å². The molecule has 2 heterocycles. The molecule has 3 rings (SSSR count). The Labute approximate surface area is 211 Å². The average Bonchev–Trinajstić information content (AvgIpc) is 3.30. The minimum absolute atomic E-state index is 0.0398. The van der Waals surface area contributed by atoms with Crippen molar-refractivity contribution >= 4 is 49.5 Å².